The van der Waals surface area contributed by atoms with Crippen molar-refractivity contribution in [1.29, 1.82) is 0 Å². The molecule has 0 unspecified atom stereocenters. The van der Waals surface area contributed by atoms with Gasteiger partial charge in [-0.05, 0) is 45.2 Å². The molecule has 0 aromatic heterocycles. The van der Waals surface area contributed by atoms with E-state index in [1.807, 2.05) is 18.7 Å². The molecule has 0 saturated carbocycles. The maximum absolute atomic E-state index is 12.4. The highest BCUT2D eigenvalue weighted by atomic mass is 16.3. The van der Waals surface area contributed by atoms with Gasteiger partial charge in [-0.3, -0.25) is 4.79 Å². The largest absolute Gasteiger partial charge is 0.508 e. The van der Waals surface area contributed by atoms with Crippen LogP contribution in [0.1, 0.15) is 43.5 Å². The minimum Gasteiger partial charge on any atom is -0.508 e. The number of benzene rings is 1. The summed E-state index contributed by atoms with van der Waals surface area (Å²) in [4.78, 5) is 14.3. The number of hydrogen-bond donors (Lipinski definition) is 2. The number of carbonyl (C=O) groups is 1. The van der Waals surface area contributed by atoms with E-state index in [9.17, 15) is 15.0 Å². The Hall–Kier alpha value is -1.71. The van der Waals surface area contributed by atoms with Gasteiger partial charge in [-0.2, -0.15) is 0 Å². The van der Waals surface area contributed by atoms with E-state index < -0.39 is 0 Å². The van der Waals surface area contributed by atoms with Crippen LogP contribution in [-0.2, 0) is 0 Å². The van der Waals surface area contributed by atoms with Gasteiger partial charge in [0.2, 0.25) is 0 Å². The van der Waals surface area contributed by atoms with Gasteiger partial charge in [0.05, 0.1) is 5.56 Å². The Bertz CT molecular complexity index is 448. The smallest absolute Gasteiger partial charge is 0.258 e. The predicted octanol–water partition coefficient (Wildman–Crippen LogP) is 2.50. The molecule has 0 aliphatic carbocycles. The molecule has 4 heteroatoms. The standard InChI is InChI=1S/C14H19NO3/c1-9-4-3-5-10(2)15(9)14(18)12-7-6-11(16)8-13(12)17/h6-10,16-17H,3-5H2,1-2H3/t9-,10+. The van der Waals surface area contributed by atoms with E-state index in [-0.39, 0.29) is 35.1 Å². The Kier molecular flexibility index (Phi) is 3.45. The number of hydrogen-bond acceptors (Lipinski definition) is 3. The first-order valence-corrected chi connectivity index (χ1v) is 6.35. The predicted molar refractivity (Wildman–Crippen MR) is 68.7 cm³/mol. The van der Waals surface area contributed by atoms with E-state index >= 15 is 0 Å². The third-order valence-corrected chi connectivity index (χ3v) is 3.64. The summed E-state index contributed by atoms with van der Waals surface area (Å²) in [5.41, 5.74) is 0.258. The summed E-state index contributed by atoms with van der Waals surface area (Å²) in [7, 11) is 0. The first-order chi connectivity index (χ1) is 8.50. The number of nitrogens with zero attached hydrogens (tertiary/aromatic N) is 1. The monoisotopic (exact) mass is 249 g/mol. The van der Waals surface area contributed by atoms with Gasteiger partial charge in [-0.15, -0.1) is 0 Å². The van der Waals surface area contributed by atoms with Gasteiger partial charge in [-0.1, -0.05) is 0 Å². The summed E-state index contributed by atoms with van der Waals surface area (Å²) >= 11 is 0. The summed E-state index contributed by atoms with van der Waals surface area (Å²) in [5, 5.41) is 19.0. The quantitative estimate of drug-likeness (QED) is 0.804. The van der Waals surface area contributed by atoms with Crippen molar-refractivity contribution in [1.82, 2.24) is 4.90 Å². The van der Waals surface area contributed by atoms with Gasteiger partial charge < -0.3 is 15.1 Å². The molecule has 1 fully saturated rings. The van der Waals surface area contributed by atoms with Crippen LogP contribution in [-0.4, -0.2) is 33.1 Å². The molecule has 2 atom stereocenters. The fraction of sp³-hybridized carbons (Fsp3) is 0.500. The lowest BCUT2D eigenvalue weighted by Crippen LogP contribution is -2.47. The van der Waals surface area contributed by atoms with Crippen molar-refractivity contribution < 1.29 is 15.0 Å². The molecule has 18 heavy (non-hydrogen) atoms. The van der Waals surface area contributed by atoms with Crippen molar-refractivity contribution in [2.75, 3.05) is 0 Å². The molecule has 98 valence electrons. The Morgan fingerprint density at radius 2 is 1.83 bits per heavy atom. The molecule has 1 aliphatic rings. The van der Waals surface area contributed by atoms with Crippen LogP contribution in [0.3, 0.4) is 0 Å². The van der Waals surface area contributed by atoms with E-state index in [1.165, 1.54) is 18.2 Å². The first kappa shape index (κ1) is 12.7. The number of phenols is 2. The van der Waals surface area contributed by atoms with Crippen molar-refractivity contribution in [2.24, 2.45) is 0 Å². The Morgan fingerprint density at radius 3 is 2.39 bits per heavy atom. The van der Waals surface area contributed by atoms with E-state index in [2.05, 4.69) is 0 Å². The van der Waals surface area contributed by atoms with Gasteiger partial charge in [0.1, 0.15) is 11.5 Å². The fourth-order valence-electron chi connectivity index (χ4n) is 2.66. The molecule has 1 amide bonds. The highest BCUT2D eigenvalue weighted by Crippen LogP contribution is 2.29. The SMILES string of the molecule is C[C@@H]1CCC[C@H](C)N1C(=O)c1ccc(O)cc1O. The molecule has 0 spiro atoms. The van der Waals surface area contributed by atoms with Gasteiger partial charge >= 0.3 is 0 Å². The Balaban J connectivity index is 2.29. The molecule has 1 aromatic carbocycles. The summed E-state index contributed by atoms with van der Waals surface area (Å²) in [6, 6.07) is 4.48. The van der Waals surface area contributed by atoms with Crippen molar-refractivity contribution in [3.05, 3.63) is 23.8 Å². The lowest BCUT2D eigenvalue weighted by Gasteiger charge is -2.39. The molecule has 2 N–H and O–H groups in total. The number of amides is 1. The molecule has 1 heterocycles. The molecule has 1 aromatic rings. The maximum Gasteiger partial charge on any atom is 0.258 e. The van der Waals surface area contributed by atoms with Crippen LogP contribution in [0.25, 0.3) is 0 Å². The minimum atomic E-state index is -0.162. The van der Waals surface area contributed by atoms with Crippen molar-refractivity contribution in [3.63, 3.8) is 0 Å². The van der Waals surface area contributed by atoms with Crippen LogP contribution < -0.4 is 0 Å². The summed E-state index contributed by atoms with van der Waals surface area (Å²) in [5.74, 6) is -0.360. The fourth-order valence-corrected chi connectivity index (χ4v) is 2.66. The molecular formula is C14H19NO3. The number of carbonyl (C=O) groups excluding carboxylic acids is 1. The summed E-state index contributed by atoms with van der Waals surface area (Å²) < 4.78 is 0. The van der Waals surface area contributed by atoms with Crippen molar-refractivity contribution in [2.45, 2.75) is 45.2 Å². The van der Waals surface area contributed by atoms with Crippen LogP contribution in [0.15, 0.2) is 18.2 Å². The second kappa shape index (κ2) is 4.88. The Morgan fingerprint density at radius 1 is 1.22 bits per heavy atom. The second-order valence-corrected chi connectivity index (χ2v) is 5.04. The zero-order valence-corrected chi connectivity index (χ0v) is 10.8. The van der Waals surface area contributed by atoms with Crippen LogP contribution in [0.4, 0.5) is 0 Å². The number of phenolic OH excluding ortho intramolecular Hbond substituents is 2. The van der Waals surface area contributed by atoms with Crippen LogP contribution in [0.5, 0.6) is 11.5 Å². The highest BCUT2D eigenvalue weighted by Gasteiger charge is 2.30. The van der Waals surface area contributed by atoms with Gasteiger partial charge in [0, 0.05) is 18.2 Å². The third kappa shape index (κ3) is 2.28. The van der Waals surface area contributed by atoms with E-state index in [0.717, 1.165) is 19.3 Å². The number of aromatic hydroxyl groups is 2. The Labute approximate surface area is 107 Å². The lowest BCUT2D eigenvalue weighted by molar-refractivity contribution is 0.0508. The molecule has 1 saturated heterocycles. The molecular weight excluding hydrogens is 230 g/mol. The zero-order chi connectivity index (χ0) is 13.3. The minimum absolute atomic E-state index is 0.0382. The molecule has 0 radical (unpaired) electrons. The van der Waals surface area contributed by atoms with E-state index in [4.69, 9.17) is 0 Å². The maximum atomic E-state index is 12.4. The molecule has 2 rings (SSSR count). The van der Waals surface area contributed by atoms with Crippen LogP contribution >= 0.6 is 0 Å². The number of rotatable bonds is 1. The topological polar surface area (TPSA) is 60.8 Å². The van der Waals surface area contributed by atoms with Gasteiger partial charge in [0.15, 0.2) is 0 Å². The van der Waals surface area contributed by atoms with Crippen molar-refractivity contribution >= 4 is 5.91 Å². The first-order valence-electron chi connectivity index (χ1n) is 6.35. The summed E-state index contributed by atoms with van der Waals surface area (Å²) in [6.45, 7) is 4.07. The highest BCUT2D eigenvalue weighted by molar-refractivity contribution is 5.97. The number of likely N-dealkylation sites (tertiary alicyclic amines) is 1. The second-order valence-electron chi connectivity index (χ2n) is 5.04. The van der Waals surface area contributed by atoms with Gasteiger partial charge in [0.25, 0.3) is 5.91 Å². The van der Waals surface area contributed by atoms with Crippen LogP contribution in [0, 0.1) is 0 Å². The van der Waals surface area contributed by atoms with Crippen molar-refractivity contribution in [3.8, 4) is 11.5 Å². The number of piperidine rings is 1. The van der Waals surface area contributed by atoms with Gasteiger partial charge in [-0.25, -0.2) is 0 Å². The average Bonchev–Trinajstić information content (AvgIpc) is 2.28. The average molecular weight is 249 g/mol. The molecule has 4 nitrogen and oxygen atoms in total. The van der Waals surface area contributed by atoms with Crippen LogP contribution in [0.2, 0.25) is 0 Å². The van der Waals surface area contributed by atoms with E-state index in [0.29, 0.717) is 0 Å². The summed E-state index contributed by atoms with van der Waals surface area (Å²) in [6.07, 6.45) is 3.12. The normalized spacial score (nSPS) is 24.0. The van der Waals surface area contributed by atoms with E-state index in [1.54, 1.807) is 0 Å². The molecule has 0 bridgehead atoms. The zero-order valence-electron chi connectivity index (χ0n) is 10.8. The molecule has 1 aliphatic heterocycles. The lowest BCUT2D eigenvalue weighted by atomic mass is 9.96. The third-order valence-electron chi connectivity index (χ3n) is 3.64.